The monoisotopic (exact) mass is 335 g/mol. The van der Waals surface area contributed by atoms with Crippen LogP contribution in [0.5, 0.6) is 0 Å². The van der Waals surface area contributed by atoms with E-state index in [1.165, 1.54) is 0 Å². The lowest BCUT2D eigenvalue weighted by molar-refractivity contribution is 0.308. The summed E-state index contributed by atoms with van der Waals surface area (Å²) < 4.78 is 10.7. The molecule has 0 aliphatic rings. The van der Waals surface area contributed by atoms with Crippen molar-refractivity contribution in [3.63, 3.8) is 0 Å². The first-order chi connectivity index (χ1) is 9.56. The highest BCUT2D eigenvalue weighted by Gasteiger charge is 2.18. The highest BCUT2D eigenvalue weighted by Crippen LogP contribution is 2.28. The highest BCUT2D eigenvalue weighted by molar-refractivity contribution is 9.10. The first kappa shape index (κ1) is 12.8. The van der Waals surface area contributed by atoms with E-state index in [2.05, 4.69) is 41.0 Å². The lowest BCUT2D eigenvalue weighted by Crippen LogP contribution is -1.89. The molecule has 0 unspecified atom stereocenters. The van der Waals surface area contributed by atoms with Gasteiger partial charge in [-0.1, -0.05) is 21.1 Å². The van der Waals surface area contributed by atoms with Gasteiger partial charge >= 0.3 is 0 Å². The number of nitrogens with zero attached hydrogens (tertiary/aromatic N) is 4. The molecule has 3 rings (SSSR count). The molecule has 0 saturated heterocycles. The van der Waals surface area contributed by atoms with Crippen LogP contribution in [0.25, 0.3) is 23.0 Å². The zero-order chi connectivity index (χ0) is 14.3. The molecule has 0 atom stereocenters. The summed E-state index contributed by atoms with van der Waals surface area (Å²) in [6, 6.07) is 3.94. The molecule has 102 valence electrons. The van der Waals surface area contributed by atoms with E-state index in [1.54, 1.807) is 0 Å². The minimum Gasteiger partial charge on any atom is -0.379 e. The fraction of sp³-hybridized carbons (Fsp3) is 0.167. The molecule has 0 aliphatic carbocycles. The molecule has 0 amide bonds. The number of benzene rings is 1. The number of hydrogen-bond acceptors (Lipinski definition) is 7. The zero-order valence-corrected chi connectivity index (χ0v) is 12.3. The summed E-state index contributed by atoms with van der Waals surface area (Å²) in [7, 11) is 0. The van der Waals surface area contributed by atoms with E-state index in [1.807, 2.05) is 26.0 Å². The SMILES string of the molecule is Cc1cc(-c2noc(-c3nonc3N)n2)cc(C)c1Br. The maximum Gasteiger partial charge on any atom is 0.284 e. The second-order valence-corrected chi connectivity index (χ2v) is 5.14. The largest absolute Gasteiger partial charge is 0.379 e. The summed E-state index contributed by atoms with van der Waals surface area (Å²) in [6.45, 7) is 4.00. The van der Waals surface area contributed by atoms with E-state index in [0.717, 1.165) is 21.2 Å². The van der Waals surface area contributed by atoms with Crippen molar-refractivity contribution in [1.29, 1.82) is 0 Å². The number of aryl methyl sites for hydroxylation is 2. The van der Waals surface area contributed by atoms with Crippen molar-refractivity contribution in [2.24, 2.45) is 0 Å². The van der Waals surface area contributed by atoms with Crippen LogP contribution in [0.2, 0.25) is 0 Å². The number of hydrogen-bond donors (Lipinski definition) is 1. The number of nitrogens with two attached hydrogens (primary N) is 1. The van der Waals surface area contributed by atoms with Crippen LogP contribution in [-0.4, -0.2) is 20.5 Å². The molecular weight excluding hydrogens is 326 g/mol. The molecule has 0 bridgehead atoms. The van der Waals surface area contributed by atoms with E-state index in [0.29, 0.717) is 5.82 Å². The van der Waals surface area contributed by atoms with Gasteiger partial charge in [0.2, 0.25) is 17.3 Å². The molecule has 0 spiro atoms. The van der Waals surface area contributed by atoms with Crippen molar-refractivity contribution in [1.82, 2.24) is 20.5 Å². The van der Waals surface area contributed by atoms with Crippen LogP contribution in [0.3, 0.4) is 0 Å². The Morgan fingerprint density at radius 1 is 1.10 bits per heavy atom. The lowest BCUT2D eigenvalue weighted by Gasteiger charge is -2.04. The first-order valence-corrected chi connectivity index (χ1v) is 6.55. The standard InChI is InChI=1S/C12H10BrN5O2/c1-5-3-7(4-6(2)8(5)13)11-15-12(19-18-11)9-10(14)17-20-16-9/h3-4H,1-2H3,(H2,14,17). The second-order valence-electron chi connectivity index (χ2n) is 4.35. The average Bonchev–Trinajstić information content (AvgIpc) is 3.03. The smallest absolute Gasteiger partial charge is 0.284 e. The average molecular weight is 336 g/mol. The van der Waals surface area contributed by atoms with Gasteiger partial charge in [0.05, 0.1) is 0 Å². The summed E-state index contributed by atoms with van der Waals surface area (Å²) in [5.41, 5.74) is 8.87. The molecule has 20 heavy (non-hydrogen) atoms. The molecule has 2 N–H and O–H groups in total. The third kappa shape index (κ3) is 2.07. The molecule has 0 radical (unpaired) electrons. The normalized spacial score (nSPS) is 10.9. The maximum absolute atomic E-state index is 5.59. The zero-order valence-electron chi connectivity index (χ0n) is 10.7. The number of aromatic nitrogens is 4. The quantitative estimate of drug-likeness (QED) is 0.767. The second kappa shape index (κ2) is 4.71. The Balaban J connectivity index is 2.05. The highest BCUT2D eigenvalue weighted by atomic mass is 79.9. The Morgan fingerprint density at radius 2 is 1.80 bits per heavy atom. The van der Waals surface area contributed by atoms with Crippen LogP contribution < -0.4 is 5.73 Å². The van der Waals surface area contributed by atoms with Crippen LogP contribution in [-0.2, 0) is 0 Å². The van der Waals surface area contributed by atoms with Gasteiger partial charge in [-0.2, -0.15) is 4.98 Å². The van der Waals surface area contributed by atoms with Gasteiger partial charge in [-0.05, 0) is 47.4 Å². The Kier molecular flexibility index (Phi) is 3.01. The molecule has 2 heterocycles. The van der Waals surface area contributed by atoms with Gasteiger partial charge in [-0.3, -0.25) is 0 Å². The van der Waals surface area contributed by atoms with Crippen molar-refractivity contribution in [2.45, 2.75) is 13.8 Å². The summed E-state index contributed by atoms with van der Waals surface area (Å²) in [5.74, 6) is 0.751. The molecule has 3 aromatic rings. The Labute approximate surface area is 122 Å². The predicted molar refractivity (Wildman–Crippen MR) is 74.6 cm³/mol. The van der Waals surface area contributed by atoms with Crippen molar-refractivity contribution in [2.75, 3.05) is 5.73 Å². The van der Waals surface area contributed by atoms with Gasteiger partial charge in [0.1, 0.15) is 0 Å². The summed E-state index contributed by atoms with van der Waals surface area (Å²) in [4.78, 5) is 4.26. The fourth-order valence-corrected chi connectivity index (χ4v) is 2.08. The van der Waals surface area contributed by atoms with E-state index < -0.39 is 0 Å². The first-order valence-electron chi connectivity index (χ1n) is 5.75. The van der Waals surface area contributed by atoms with E-state index in [9.17, 15) is 0 Å². The summed E-state index contributed by atoms with van der Waals surface area (Å²) in [5, 5.41) is 11.0. The third-order valence-electron chi connectivity index (χ3n) is 2.84. The molecule has 8 heteroatoms. The number of nitrogen functional groups attached to an aromatic ring is 1. The molecule has 1 aromatic carbocycles. The van der Waals surface area contributed by atoms with Crippen molar-refractivity contribution in [3.05, 3.63) is 27.7 Å². The molecular formula is C12H10BrN5O2. The molecule has 0 saturated carbocycles. The Morgan fingerprint density at radius 3 is 2.40 bits per heavy atom. The van der Waals surface area contributed by atoms with Gasteiger partial charge < -0.3 is 10.3 Å². The third-order valence-corrected chi connectivity index (χ3v) is 4.09. The lowest BCUT2D eigenvalue weighted by atomic mass is 10.1. The van der Waals surface area contributed by atoms with E-state index >= 15 is 0 Å². The van der Waals surface area contributed by atoms with Crippen LogP contribution in [0, 0.1) is 13.8 Å². The minimum atomic E-state index is 0.114. The van der Waals surface area contributed by atoms with Crippen LogP contribution in [0.15, 0.2) is 25.8 Å². The van der Waals surface area contributed by atoms with Crippen LogP contribution in [0.1, 0.15) is 11.1 Å². The van der Waals surface area contributed by atoms with Gasteiger partial charge in [0, 0.05) is 10.0 Å². The molecule has 0 fully saturated rings. The molecule has 0 aliphatic heterocycles. The van der Waals surface area contributed by atoms with E-state index in [-0.39, 0.29) is 17.4 Å². The molecule has 7 nitrogen and oxygen atoms in total. The van der Waals surface area contributed by atoms with Gasteiger partial charge in [-0.25, -0.2) is 4.63 Å². The van der Waals surface area contributed by atoms with Crippen LogP contribution in [0.4, 0.5) is 5.82 Å². The molecule has 2 aromatic heterocycles. The van der Waals surface area contributed by atoms with Crippen molar-refractivity contribution >= 4 is 21.7 Å². The summed E-state index contributed by atoms with van der Waals surface area (Å²) >= 11 is 3.52. The minimum absolute atomic E-state index is 0.114. The van der Waals surface area contributed by atoms with Crippen molar-refractivity contribution in [3.8, 4) is 23.0 Å². The van der Waals surface area contributed by atoms with E-state index in [4.69, 9.17) is 10.3 Å². The van der Waals surface area contributed by atoms with Crippen LogP contribution >= 0.6 is 15.9 Å². The van der Waals surface area contributed by atoms with Crippen molar-refractivity contribution < 1.29 is 9.15 Å². The number of halogens is 1. The maximum atomic E-state index is 5.59. The predicted octanol–water partition coefficient (Wildman–Crippen LogP) is 2.75. The Bertz CT molecular complexity index is 757. The van der Waals surface area contributed by atoms with Gasteiger partial charge in [-0.15, -0.1) is 0 Å². The fourth-order valence-electron chi connectivity index (χ4n) is 1.86. The van der Waals surface area contributed by atoms with Gasteiger partial charge in [0.15, 0.2) is 0 Å². The number of rotatable bonds is 2. The number of anilines is 1. The Hall–Kier alpha value is -2.22. The topological polar surface area (TPSA) is 104 Å². The summed E-state index contributed by atoms with van der Waals surface area (Å²) in [6.07, 6.45) is 0. The van der Waals surface area contributed by atoms with Gasteiger partial charge in [0.25, 0.3) is 5.89 Å².